The topological polar surface area (TPSA) is 20.3 Å². The highest BCUT2D eigenvalue weighted by Crippen LogP contribution is 2.24. The van der Waals surface area contributed by atoms with E-state index in [1.807, 2.05) is 6.92 Å². The normalized spacial score (nSPS) is 25.5. The molecule has 0 saturated heterocycles. The summed E-state index contributed by atoms with van der Waals surface area (Å²) in [5.41, 5.74) is 1.29. The second-order valence-electron chi connectivity index (χ2n) is 2.64. The Labute approximate surface area is 71.1 Å². The number of carbonyl (C=O) groups excluding carboxylic acids is 1. The van der Waals surface area contributed by atoms with Crippen LogP contribution in [0.1, 0.15) is 6.92 Å². The number of rotatable bonds is 0. The fraction of sp³-hybridized carbons (Fsp3) is 0.375. The third-order valence-electron chi connectivity index (χ3n) is 1.82. The van der Waals surface area contributed by atoms with Crippen molar-refractivity contribution < 1.29 is 4.79 Å². The van der Waals surface area contributed by atoms with Crippen LogP contribution in [0.3, 0.4) is 0 Å². The van der Waals surface area contributed by atoms with Gasteiger partial charge >= 0.3 is 0 Å². The quantitative estimate of drug-likeness (QED) is 0.400. The molecule has 0 radical (unpaired) electrons. The van der Waals surface area contributed by atoms with Crippen molar-refractivity contribution in [2.45, 2.75) is 12.4 Å². The number of hydrogen-bond acceptors (Lipinski definition) is 1. The van der Waals surface area contributed by atoms with Crippen LogP contribution in [0.15, 0.2) is 23.8 Å². The van der Waals surface area contributed by atoms with Gasteiger partial charge in [0.05, 0.1) is 0 Å². The minimum atomic E-state index is -0.382. The van der Waals surface area contributed by atoms with Gasteiger partial charge in [0.25, 0.3) is 0 Å². The van der Waals surface area contributed by atoms with Crippen LogP contribution in [0.4, 0.5) is 0 Å². The number of amides is 1. The van der Waals surface area contributed by atoms with Crippen LogP contribution in [-0.4, -0.2) is 23.4 Å². The number of halogens is 1. The highest BCUT2D eigenvalue weighted by atomic mass is 35.5. The molecular weight excluding hydrogens is 162 g/mol. The Morgan fingerprint density at radius 1 is 1.73 bits per heavy atom. The van der Waals surface area contributed by atoms with Crippen LogP contribution in [-0.2, 0) is 4.79 Å². The summed E-state index contributed by atoms with van der Waals surface area (Å²) in [6, 6.07) is 0. The monoisotopic (exact) mass is 171 g/mol. The Bertz CT molecular complexity index is 244. The first kappa shape index (κ1) is 8.34. The molecule has 0 aromatic carbocycles. The minimum absolute atomic E-state index is 0.0603. The van der Waals surface area contributed by atoms with E-state index in [0.717, 1.165) is 11.1 Å². The third kappa shape index (κ3) is 1.31. The molecule has 1 aliphatic heterocycles. The van der Waals surface area contributed by atoms with Crippen molar-refractivity contribution in [2.75, 3.05) is 7.05 Å². The molecule has 1 unspecified atom stereocenters. The predicted octanol–water partition coefficient (Wildman–Crippen LogP) is 1.53. The second-order valence-corrected chi connectivity index (χ2v) is 3.05. The van der Waals surface area contributed by atoms with E-state index in [9.17, 15) is 4.79 Å². The van der Waals surface area contributed by atoms with Gasteiger partial charge in [-0.15, -0.1) is 0 Å². The summed E-state index contributed by atoms with van der Waals surface area (Å²) in [6.07, 6.45) is 1.54. The molecule has 2 nitrogen and oxygen atoms in total. The molecule has 0 aliphatic carbocycles. The summed E-state index contributed by atoms with van der Waals surface area (Å²) in [4.78, 5) is 12.5. The number of alkyl halides is 1. The second kappa shape index (κ2) is 2.70. The smallest absolute Gasteiger partial charge is 0.248 e. The average Bonchev–Trinajstić information content (AvgIpc) is 1.97. The van der Waals surface area contributed by atoms with Crippen molar-refractivity contribution in [1.82, 2.24) is 4.90 Å². The molecule has 1 aliphatic rings. The van der Waals surface area contributed by atoms with E-state index in [1.54, 1.807) is 13.1 Å². The Kier molecular flexibility index (Phi) is 2.05. The Morgan fingerprint density at radius 3 is 2.82 bits per heavy atom. The maximum absolute atomic E-state index is 11.1. The average molecular weight is 172 g/mol. The SMILES string of the molecule is C=C1C(C)=CC(=O)N(C)C1Cl. The first-order chi connectivity index (χ1) is 5.04. The Balaban J connectivity index is 3.01. The van der Waals surface area contributed by atoms with Crippen molar-refractivity contribution in [3.8, 4) is 0 Å². The summed E-state index contributed by atoms with van der Waals surface area (Å²) in [5.74, 6) is -0.0603. The lowest BCUT2D eigenvalue weighted by Gasteiger charge is -2.28. The van der Waals surface area contributed by atoms with Crippen molar-refractivity contribution in [3.63, 3.8) is 0 Å². The molecule has 1 atom stereocenters. The van der Waals surface area contributed by atoms with Gasteiger partial charge in [0, 0.05) is 13.1 Å². The number of carbonyl (C=O) groups is 1. The largest absolute Gasteiger partial charge is 0.322 e. The van der Waals surface area contributed by atoms with E-state index >= 15 is 0 Å². The predicted molar refractivity (Wildman–Crippen MR) is 45.3 cm³/mol. The van der Waals surface area contributed by atoms with Gasteiger partial charge in [-0.1, -0.05) is 18.2 Å². The Morgan fingerprint density at radius 2 is 2.27 bits per heavy atom. The fourth-order valence-electron chi connectivity index (χ4n) is 0.913. The third-order valence-corrected chi connectivity index (χ3v) is 2.38. The molecule has 0 spiro atoms. The van der Waals surface area contributed by atoms with E-state index in [1.165, 1.54) is 4.90 Å². The summed E-state index contributed by atoms with van der Waals surface area (Å²) in [5, 5.41) is 0. The molecule has 1 rings (SSSR count). The first-order valence-corrected chi connectivity index (χ1v) is 3.76. The van der Waals surface area contributed by atoms with Gasteiger partial charge in [-0.25, -0.2) is 0 Å². The molecule has 0 saturated carbocycles. The van der Waals surface area contributed by atoms with Crippen LogP contribution in [0.25, 0.3) is 0 Å². The van der Waals surface area contributed by atoms with Crippen LogP contribution in [0.2, 0.25) is 0 Å². The molecule has 1 heterocycles. The fourth-order valence-corrected chi connectivity index (χ4v) is 1.18. The summed E-state index contributed by atoms with van der Waals surface area (Å²) in [7, 11) is 1.66. The first-order valence-electron chi connectivity index (χ1n) is 3.32. The minimum Gasteiger partial charge on any atom is -0.322 e. The highest BCUT2D eigenvalue weighted by molar-refractivity contribution is 6.24. The van der Waals surface area contributed by atoms with Crippen LogP contribution in [0, 0.1) is 0 Å². The molecule has 0 N–H and O–H groups in total. The molecule has 1 amide bonds. The lowest BCUT2D eigenvalue weighted by Crippen LogP contribution is -2.36. The van der Waals surface area contributed by atoms with Crippen LogP contribution < -0.4 is 0 Å². The van der Waals surface area contributed by atoms with Gasteiger partial charge in [0.15, 0.2) is 0 Å². The maximum atomic E-state index is 11.1. The van der Waals surface area contributed by atoms with Crippen molar-refractivity contribution in [2.24, 2.45) is 0 Å². The van der Waals surface area contributed by atoms with E-state index in [0.29, 0.717) is 0 Å². The summed E-state index contributed by atoms with van der Waals surface area (Å²) in [6.45, 7) is 5.60. The maximum Gasteiger partial charge on any atom is 0.248 e. The van der Waals surface area contributed by atoms with Crippen LogP contribution >= 0.6 is 11.6 Å². The van der Waals surface area contributed by atoms with Crippen molar-refractivity contribution >= 4 is 17.5 Å². The number of hydrogen-bond donors (Lipinski definition) is 0. The molecule has 0 aromatic rings. The molecule has 11 heavy (non-hydrogen) atoms. The van der Waals surface area contributed by atoms with E-state index < -0.39 is 0 Å². The number of nitrogens with zero attached hydrogens (tertiary/aromatic N) is 1. The molecule has 60 valence electrons. The number of likely N-dealkylation sites (N-methyl/N-ethyl adjacent to an activating group) is 1. The van der Waals surface area contributed by atoms with Gasteiger partial charge in [-0.05, 0) is 18.1 Å². The lowest BCUT2D eigenvalue weighted by molar-refractivity contribution is -0.125. The lowest BCUT2D eigenvalue weighted by atomic mass is 10.1. The van der Waals surface area contributed by atoms with E-state index in [-0.39, 0.29) is 11.4 Å². The standard InChI is InChI=1S/C8H10ClNO/c1-5-4-7(11)10(3)8(9)6(5)2/h4,8H,2H2,1,3H3. The molecule has 0 aromatic heterocycles. The zero-order chi connectivity index (χ0) is 8.59. The molecular formula is C8H10ClNO. The molecule has 0 bridgehead atoms. The molecule has 0 fully saturated rings. The van der Waals surface area contributed by atoms with Gasteiger partial charge in [0.2, 0.25) is 5.91 Å². The van der Waals surface area contributed by atoms with E-state index in [4.69, 9.17) is 11.6 Å². The highest BCUT2D eigenvalue weighted by Gasteiger charge is 2.24. The zero-order valence-corrected chi connectivity index (χ0v) is 7.35. The van der Waals surface area contributed by atoms with Gasteiger partial charge in [-0.2, -0.15) is 0 Å². The zero-order valence-electron chi connectivity index (χ0n) is 6.60. The van der Waals surface area contributed by atoms with Gasteiger partial charge in [-0.3, -0.25) is 4.79 Å². The van der Waals surface area contributed by atoms with E-state index in [2.05, 4.69) is 6.58 Å². The van der Waals surface area contributed by atoms with Crippen LogP contribution in [0.5, 0.6) is 0 Å². The summed E-state index contributed by atoms with van der Waals surface area (Å²) < 4.78 is 0. The summed E-state index contributed by atoms with van der Waals surface area (Å²) >= 11 is 5.87. The van der Waals surface area contributed by atoms with Gasteiger partial charge < -0.3 is 4.90 Å². The molecule has 3 heteroatoms. The Hall–Kier alpha value is -0.760. The van der Waals surface area contributed by atoms with Gasteiger partial charge in [0.1, 0.15) is 5.50 Å². The van der Waals surface area contributed by atoms with Crippen molar-refractivity contribution in [1.29, 1.82) is 0 Å². The van der Waals surface area contributed by atoms with Crippen molar-refractivity contribution in [3.05, 3.63) is 23.8 Å².